The largest absolute Gasteiger partial charge is 0.343 e. The molecule has 72 valence electrons. The van der Waals surface area contributed by atoms with Crippen molar-refractivity contribution < 1.29 is 0 Å². The van der Waals surface area contributed by atoms with Crippen LogP contribution >= 0.6 is 0 Å². The van der Waals surface area contributed by atoms with Crippen molar-refractivity contribution in [1.29, 1.82) is 0 Å². The molecule has 0 saturated heterocycles. The van der Waals surface area contributed by atoms with Crippen LogP contribution in [0, 0.1) is 6.92 Å². The van der Waals surface area contributed by atoms with E-state index in [1.54, 1.807) is 0 Å². The lowest BCUT2D eigenvalue weighted by Crippen LogP contribution is -2.20. The summed E-state index contributed by atoms with van der Waals surface area (Å²) in [6.45, 7) is 3.11. The molecule has 1 atom stereocenters. The Balaban J connectivity index is 2.28. The van der Waals surface area contributed by atoms with E-state index in [0.29, 0.717) is 6.04 Å². The Morgan fingerprint density at radius 2 is 2.21 bits per heavy atom. The van der Waals surface area contributed by atoms with Gasteiger partial charge in [-0.2, -0.15) is 0 Å². The molecule has 2 nitrogen and oxygen atoms in total. The number of nitrogens with two attached hydrogens (primary N) is 1. The minimum atomic E-state index is 0.315. The Hall–Kier alpha value is -1.28. The highest BCUT2D eigenvalue weighted by Crippen LogP contribution is 2.26. The predicted molar refractivity (Wildman–Crippen MR) is 58.4 cm³/mol. The monoisotopic (exact) mass is 186 g/mol. The lowest BCUT2D eigenvalue weighted by atomic mass is 10.1. The molecule has 2 heterocycles. The molecule has 1 aliphatic rings. The van der Waals surface area contributed by atoms with Gasteiger partial charge >= 0.3 is 0 Å². The van der Waals surface area contributed by atoms with Crippen molar-refractivity contribution in [2.75, 3.05) is 0 Å². The molecule has 14 heavy (non-hydrogen) atoms. The van der Waals surface area contributed by atoms with Gasteiger partial charge < -0.3 is 10.3 Å². The molecule has 1 aromatic heterocycles. The Kier molecular flexibility index (Phi) is 1.50. The van der Waals surface area contributed by atoms with Crippen molar-refractivity contribution in [2.24, 2.45) is 5.73 Å². The fourth-order valence-corrected chi connectivity index (χ4v) is 2.40. The number of nitrogens with zero attached hydrogens (tertiary/aromatic N) is 1. The summed E-state index contributed by atoms with van der Waals surface area (Å²) in [5.41, 5.74) is 9.97. The maximum Gasteiger partial charge on any atom is 0.0483 e. The Morgan fingerprint density at radius 3 is 3.07 bits per heavy atom. The van der Waals surface area contributed by atoms with Gasteiger partial charge in [0, 0.05) is 35.6 Å². The minimum absolute atomic E-state index is 0.315. The Morgan fingerprint density at radius 1 is 1.36 bits per heavy atom. The molecular weight excluding hydrogens is 172 g/mol. The number of fused-ring (bicyclic) bond motifs is 3. The normalized spacial score (nSPS) is 20.3. The van der Waals surface area contributed by atoms with Crippen LogP contribution in [-0.4, -0.2) is 10.6 Å². The van der Waals surface area contributed by atoms with Gasteiger partial charge in [-0.3, -0.25) is 0 Å². The van der Waals surface area contributed by atoms with E-state index >= 15 is 0 Å². The van der Waals surface area contributed by atoms with Gasteiger partial charge in [0.15, 0.2) is 0 Å². The van der Waals surface area contributed by atoms with E-state index in [2.05, 4.69) is 35.8 Å². The van der Waals surface area contributed by atoms with Crippen molar-refractivity contribution in [2.45, 2.75) is 25.9 Å². The van der Waals surface area contributed by atoms with Gasteiger partial charge in [0.1, 0.15) is 0 Å². The fraction of sp³-hybridized carbons (Fsp3) is 0.333. The van der Waals surface area contributed by atoms with Crippen molar-refractivity contribution in [3.63, 3.8) is 0 Å². The number of aryl methyl sites for hydroxylation is 1. The summed E-state index contributed by atoms with van der Waals surface area (Å²) >= 11 is 0. The van der Waals surface area contributed by atoms with E-state index in [1.807, 2.05) is 0 Å². The SMILES string of the molecule is Cc1ccc2c(c1)cc1n2CC(N)C1. The molecule has 0 amide bonds. The predicted octanol–water partition coefficient (Wildman–Crippen LogP) is 1.83. The van der Waals surface area contributed by atoms with Gasteiger partial charge in [0.2, 0.25) is 0 Å². The van der Waals surface area contributed by atoms with Crippen molar-refractivity contribution in [1.82, 2.24) is 4.57 Å². The summed E-state index contributed by atoms with van der Waals surface area (Å²) in [5, 5.41) is 1.35. The van der Waals surface area contributed by atoms with E-state index in [-0.39, 0.29) is 0 Å². The van der Waals surface area contributed by atoms with Crippen LogP contribution in [0.3, 0.4) is 0 Å². The highest BCUT2D eigenvalue weighted by atomic mass is 15.0. The molecule has 0 spiro atoms. The van der Waals surface area contributed by atoms with E-state index in [1.165, 1.54) is 22.2 Å². The first-order valence-electron chi connectivity index (χ1n) is 5.08. The third-order valence-electron chi connectivity index (χ3n) is 3.03. The first-order valence-corrected chi connectivity index (χ1v) is 5.08. The smallest absolute Gasteiger partial charge is 0.0483 e. The standard InChI is InChI=1S/C12H14N2/c1-8-2-3-12-9(4-8)5-11-6-10(13)7-14(11)12/h2-5,10H,6-7,13H2,1H3. The molecule has 2 aromatic rings. The molecule has 0 fully saturated rings. The lowest BCUT2D eigenvalue weighted by molar-refractivity contribution is 0.652. The van der Waals surface area contributed by atoms with E-state index in [4.69, 9.17) is 5.73 Å². The van der Waals surface area contributed by atoms with E-state index < -0.39 is 0 Å². The first kappa shape index (κ1) is 8.06. The second-order valence-electron chi connectivity index (χ2n) is 4.27. The molecule has 3 rings (SSSR count). The molecule has 1 aliphatic heterocycles. The van der Waals surface area contributed by atoms with Crippen LogP contribution in [0.1, 0.15) is 11.3 Å². The van der Waals surface area contributed by atoms with Gasteiger partial charge in [-0.1, -0.05) is 11.6 Å². The molecule has 1 aromatic carbocycles. The fourth-order valence-electron chi connectivity index (χ4n) is 2.40. The summed E-state index contributed by atoms with van der Waals surface area (Å²) in [5.74, 6) is 0. The molecule has 0 saturated carbocycles. The maximum absolute atomic E-state index is 5.93. The van der Waals surface area contributed by atoms with Gasteiger partial charge in [-0.15, -0.1) is 0 Å². The highest BCUT2D eigenvalue weighted by molar-refractivity contribution is 5.82. The topological polar surface area (TPSA) is 30.9 Å². The summed E-state index contributed by atoms with van der Waals surface area (Å²) in [4.78, 5) is 0. The summed E-state index contributed by atoms with van der Waals surface area (Å²) in [7, 11) is 0. The van der Waals surface area contributed by atoms with Crippen molar-refractivity contribution in [3.05, 3.63) is 35.5 Å². The Labute approximate surface area is 83.3 Å². The third kappa shape index (κ3) is 1.01. The zero-order chi connectivity index (χ0) is 9.71. The molecule has 2 heteroatoms. The zero-order valence-corrected chi connectivity index (χ0v) is 8.33. The first-order chi connectivity index (χ1) is 6.74. The summed E-state index contributed by atoms with van der Waals surface area (Å²) in [6.07, 6.45) is 1.02. The molecule has 2 N–H and O–H groups in total. The molecule has 0 aliphatic carbocycles. The van der Waals surface area contributed by atoms with Gasteiger partial charge in [0.05, 0.1) is 0 Å². The number of rotatable bonds is 0. The van der Waals surface area contributed by atoms with Crippen molar-refractivity contribution in [3.8, 4) is 0 Å². The average molecular weight is 186 g/mol. The maximum atomic E-state index is 5.93. The second kappa shape index (κ2) is 2.61. The number of hydrogen-bond acceptors (Lipinski definition) is 1. The van der Waals surface area contributed by atoms with E-state index in [0.717, 1.165) is 13.0 Å². The van der Waals surface area contributed by atoms with Gasteiger partial charge in [-0.25, -0.2) is 0 Å². The Bertz CT molecular complexity index is 496. The summed E-state index contributed by atoms with van der Waals surface area (Å²) < 4.78 is 2.35. The van der Waals surface area contributed by atoms with Crippen LogP contribution in [0.25, 0.3) is 10.9 Å². The number of hydrogen-bond donors (Lipinski definition) is 1. The average Bonchev–Trinajstić information content (AvgIpc) is 2.59. The van der Waals surface area contributed by atoms with E-state index in [9.17, 15) is 0 Å². The number of benzene rings is 1. The van der Waals surface area contributed by atoms with Crippen molar-refractivity contribution >= 4 is 10.9 Å². The van der Waals surface area contributed by atoms with Gasteiger partial charge in [0.25, 0.3) is 0 Å². The molecule has 0 radical (unpaired) electrons. The molecule has 1 unspecified atom stereocenters. The lowest BCUT2D eigenvalue weighted by Gasteiger charge is -2.02. The summed E-state index contributed by atoms with van der Waals surface area (Å²) in [6, 6.07) is 9.20. The van der Waals surface area contributed by atoms with Crippen LogP contribution < -0.4 is 5.73 Å². The molecule has 0 bridgehead atoms. The highest BCUT2D eigenvalue weighted by Gasteiger charge is 2.19. The van der Waals surface area contributed by atoms with Crippen LogP contribution in [0.2, 0.25) is 0 Å². The zero-order valence-electron chi connectivity index (χ0n) is 8.33. The van der Waals surface area contributed by atoms with Crippen LogP contribution in [0.15, 0.2) is 24.3 Å². The molecular formula is C12H14N2. The number of aromatic nitrogens is 1. The van der Waals surface area contributed by atoms with Crippen LogP contribution in [0.5, 0.6) is 0 Å². The second-order valence-corrected chi connectivity index (χ2v) is 4.27. The van der Waals surface area contributed by atoms with Crippen LogP contribution in [-0.2, 0) is 13.0 Å². The minimum Gasteiger partial charge on any atom is -0.343 e. The third-order valence-corrected chi connectivity index (χ3v) is 3.03. The van der Waals surface area contributed by atoms with Crippen LogP contribution in [0.4, 0.5) is 0 Å². The quantitative estimate of drug-likeness (QED) is 0.668. The van der Waals surface area contributed by atoms with Gasteiger partial charge in [-0.05, 0) is 25.1 Å².